The molecule has 5 nitrogen and oxygen atoms in total. The molecule has 0 aliphatic carbocycles. The molecule has 2 N–H and O–H groups in total. The second-order valence-corrected chi connectivity index (χ2v) is 5.66. The summed E-state index contributed by atoms with van der Waals surface area (Å²) in [5.74, 6) is 0.285. The van der Waals surface area contributed by atoms with Crippen molar-refractivity contribution in [2.75, 3.05) is 33.7 Å². The Morgan fingerprint density at radius 1 is 1.22 bits per heavy atom. The van der Waals surface area contributed by atoms with Crippen molar-refractivity contribution in [2.24, 2.45) is 4.99 Å². The van der Waals surface area contributed by atoms with Crippen molar-refractivity contribution in [1.29, 1.82) is 0 Å². The highest BCUT2D eigenvalue weighted by Gasteiger charge is 2.30. The first kappa shape index (κ1) is 25.2. The van der Waals surface area contributed by atoms with E-state index in [-0.39, 0.29) is 29.5 Å². The summed E-state index contributed by atoms with van der Waals surface area (Å²) in [7, 11) is 3.59. The van der Waals surface area contributed by atoms with Gasteiger partial charge in [-0.25, -0.2) is 0 Å². The number of guanidine groups is 1. The Morgan fingerprint density at radius 2 is 1.81 bits per heavy atom. The summed E-state index contributed by atoms with van der Waals surface area (Å²) in [5, 5.41) is 5.78. The number of unbranched alkanes of at least 4 members (excludes halogenated alkanes) is 1. The molecule has 0 radical (unpaired) electrons. The molecular weight excluding hydrogens is 472 g/mol. The molecule has 0 unspecified atom stereocenters. The van der Waals surface area contributed by atoms with E-state index in [0.717, 1.165) is 43.7 Å². The van der Waals surface area contributed by atoms with Crippen LogP contribution in [0.4, 0.5) is 13.2 Å². The number of hydrogen-bond acceptors (Lipinski definition) is 2. The lowest BCUT2D eigenvalue weighted by Gasteiger charge is -2.21. The van der Waals surface area contributed by atoms with Crippen LogP contribution in [-0.4, -0.2) is 50.5 Å². The van der Waals surface area contributed by atoms with Crippen LogP contribution in [0.1, 0.15) is 28.8 Å². The fourth-order valence-corrected chi connectivity index (χ4v) is 2.23. The third-order valence-electron chi connectivity index (χ3n) is 3.64. The van der Waals surface area contributed by atoms with Gasteiger partial charge >= 0.3 is 6.18 Å². The van der Waals surface area contributed by atoms with Crippen LogP contribution in [-0.2, 0) is 6.18 Å². The first-order valence-electron chi connectivity index (χ1n) is 8.27. The molecule has 1 aromatic carbocycles. The number of alkyl halides is 3. The van der Waals surface area contributed by atoms with Crippen LogP contribution in [0.25, 0.3) is 0 Å². The van der Waals surface area contributed by atoms with Crippen molar-refractivity contribution in [2.45, 2.75) is 19.0 Å². The first-order valence-corrected chi connectivity index (χ1v) is 8.27. The molecule has 0 spiro atoms. The molecule has 9 heteroatoms. The number of allylic oxidation sites excluding steroid dienone is 1. The number of nitrogens with zero attached hydrogens (tertiary/aromatic N) is 2. The van der Waals surface area contributed by atoms with Gasteiger partial charge in [0, 0.05) is 39.3 Å². The normalized spacial score (nSPS) is 11.4. The summed E-state index contributed by atoms with van der Waals surface area (Å²) in [4.78, 5) is 18.1. The largest absolute Gasteiger partial charge is 0.416 e. The van der Waals surface area contributed by atoms with Crippen molar-refractivity contribution < 1.29 is 18.0 Å². The molecular formula is C18H26F3IN4O. The van der Waals surface area contributed by atoms with Gasteiger partial charge in [-0.05, 0) is 37.1 Å². The number of benzene rings is 1. The third kappa shape index (κ3) is 9.12. The minimum absolute atomic E-state index is 0. The lowest BCUT2D eigenvalue weighted by atomic mass is 10.1. The molecule has 0 atom stereocenters. The molecule has 1 amide bonds. The molecule has 0 saturated heterocycles. The summed E-state index contributed by atoms with van der Waals surface area (Å²) in [6, 6.07) is 4.12. The van der Waals surface area contributed by atoms with Gasteiger partial charge in [0.05, 0.1) is 5.56 Å². The number of hydrogen-bond donors (Lipinski definition) is 2. The van der Waals surface area contributed by atoms with Crippen LogP contribution < -0.4 is 10.6 Å². The summed E-state index contributed by atoms with van der Waals surface area (Å²) in [5.41, 5.74) is -0.595. The molecule has 0 aliphatic rings. The monoisotopic (exact) mass is 498 g/mol. The van der Waals surface area contributed by atoms with Gasteiger partial charge in [-0.1, -0.05) is 6.08 Å². The standard InChI is InChI=1S/C18H25F3N4O.HI/c1-4-5-6-13-25(3)17(22-2)24-12-11-23-16(26)14-7-9-15(10-8-14)18(19,20)21;/h4,7-10H,1,5-6,11-13H2,2-3H3,(H,22,24)(H,23,26);1H. The SMILES string of the molecule is C=CCCCN(C)C(=NC)NCCNC(=O)c1ccc(C(F)(F)F)cc1.I. The van der Waals surface area contributed by atoms with Crippen LogP contribution in [0.3, 0.4) is 0 Å². The maximum atomic E-state index is 12.5. The molecule has 0 fully saturated rings. The Hall–Kier alpha value is -1.78. The molecule has 0 aliphatic heterocycles. The Balaban J connectivity index is 0.00000676. The van der Waals surface area contributed by atoms with E-state index in [1.54, 1.807) is 7.05 Å². The van der Waals surface area contributed by atoms with Gasteiger partial charge in [-0.2, -0.15) is 13.2 Å². The number of carbonyl (C=O) groups excluding carboxylic acids is 1. The quantitative estimate of drug-likeness (QED) is 0.190. The van der Waals surface area contributed by atoms with Crippen LogP contribution in [0, 0.1) is 0 Å². The Morgan fingerprint density at radius 3 is 2.33 bits per heavy atom. The van der Waals surface area contributed by atoms with Crippen molar-refractivity contribution in [3.05, 3.63) is 48.0 Å². The van der Waals surface area contributed by atoms with Gasteiger partial charge in [-0.3, -0.25) is 9.79 Å². The molecule has 0 aromatic heterocycles. The predicted octanol–water partition coefficient (Wildman–Crippen LogP) is 3.53. The molecule has 152 valence electrons. The predicted molar refractivity (Wildman–Crippen MR) is 113 cm³/mol. The zero-order valence-electron chi connectivity index (χ0n) is 15.5. The summed E-state index contributed by atoms with van der Waals surface area (Å²) in [6.07, 6.45) is -0.663. The van der Waals surface area contributed by atoms with Crippen molar-refractivity contribution >= 4 is 35.8 Å². The maximum absolute atomic E-state index is 12.5. The fourth-order valence-electron chi connectivity index (χ4n) is 2.23. The minimum Gasteiger partial charge on any atom is -0.354 e. The molecule has 27 heavy (non-hydrogen) atoms. The molecule has 0 bridgehead atoms. The Labute approximate surface area is 175 Å². The van der Waals surface area contributed by atoms with E-state index in [1.807, 2.05) is 18.0 Å². The zero-order chi connectivity index (χ0) is 19.6. The van der Waals surface area contributed by atoms with Gasteiger partial charge in [0.2, 0.25) is 0 Å². The highest BCUT2D eigenvalue weighted by Crippen LogP contribution is 2.28. The van der Waals surface area contributed by atoms with E-state index in [0.29, 0.717) is 19.0 Å². The lowest BCUT2D eigenvalue weighted by molar-refractivity contribution is -0.137. The highest BCUT2D eigenvalue weighted by molar-refractivity contribution is 14.0. The van der Waals surface area contributed by atoms with Gasteiger partial charge in [0.25, 0.3) is 5.91 Å². The number of nitrogens with one attached hydrogen (secondary N) is 2. The number of aliphatic imine (C=N–C) groups is 1. The maximum Gasteiger partial charge on any atom is 0.416 e. The smallest absolute Gasteiger partial charge is 0.354 e. The molecule has 0 saturated carbocycles. The molecule has 0 heterocycles. The number of carbonyl (C=O) groups is 1. The van der Waals surface area contributed by atoms with Gasteiger partial charge in [0.15, 0.2) is 5.96 Å². The van der Waals surface area contributed by atoms with E-state index in [2.05, 4.69) is 22.2 Å². The fraction of sp³-hybridized carbons (Fsp3) is 0.444. The van der Waals surface area contributed by atoms with Crippen LogP contribution in [0.2, 0.25) is 0 Å². The third-order valence-corrected chi connectivity index (χ3v) is 3.64. The zero-order valence-corrected chi connectivity index (χ0v) is 17.8. The van der Waals surface area contributed by atoms with Crippen molar-refractivity contribution in [3.63, 3.8) is 0 Å². The average molecular weight is 498 g/mol. The van der Waals surface area contributed by atoms with Crippen LogP contribution >= 0.6 is 24.0 Å². The van der Waals surface area contributed by atoms with E-state index < -0.39 is 17.6 Å². The molecule has 1 aromatic rings. The van der Waals surface area contributed by atoms with Crippen molar-refractivity contribution in [3.8, 4) is 0 Å². The second kappa shape index (κ2) is 12.6. The van der Waals surface area contributed by atoms with E-state index >= 15 is 0 Å². The average Bonchev–Trinajstić information content (AvgIpc) is 2.61. The van der Waals surface area contributed by atoms with Gasteiger partial charge < -0.3 is 15.5 Å². The van der Waals surface area contributed by atoms with Crippen molar-refractivity contribution in [1.82, 2.24) is 15.5 Å². The second-order valence-electron chi connectivity index (χ2n) is 5.66. The number of rotatable bonds is 8. The lowest BCUT2D eigenvalue weighted by Crippen LogP contribution is -2.42. The van der Waals surface area contributed by atoms with Gasteiger partial charge in [-0.15, -0.1) is 30.6 Å². The van der Waals surface area contributed by atoms with Crippen LogP contribution in [0.15, 0.2) is 41.9 Å². The summed E-state index contributed by atoms with van der Waals surface area (Å²) in [6.45, 7) is 5.27. The van der Waals surface area contributed by atoms with Crippen LogP contribution in [0.5, 0.6) is 0 Å². The highest BCUT2D eigenvalue weighted by atomic mass is 127. The Bertz CT molecular complexity index is 618. The topological polar surface area (TPSA) is 56.7 Å². The minimum atomic E-state index is -4.41. The van der Waals surface area contributed by atoms with E-state index in [9.17, 15) is 18.0 Å². The molecule has 1 rings (SSSR count). The first-order chi connectivity index (χ1) is 12.3. The van der Waals surface area contributed by atoms with E-state index in [4.69, 9.17) is 0 Å². The number of halogens is 4. The summed E-state index contributed by atoms with van der Waals surface area (Å²) >= 11 is 0. The number of amides is 1. The summed E-state index contributed by atoms with van der Waals surface area (Å²) < 4.78 is 37.5. The Kier molecular flexibility index (Phi) is 11.7. The van der Waals surface area contributed by atoms with E-state index in [1.165, 1.54) is 0 Å². The van der Waals surface area contributed by atoms with Gasteiger partial charge in [0.1, 0.15) is 0 Å².